The molecule has 0 spiro atoms. The zero-order valence-electron chi connectivity index (χ0n) is 9.46. The summed E-state index contributed by atoms with van der Waals surface area (Å²) in [5, 5.41) is 0.392. The number of benzene rings is 1. The second-order valence-corrected chi connectivity index (χ2v) is 4.70. The molecule has 4 heteroatoms. The Bertz CT molecular complexity index is 366. The fourth-order valence-corrected chi connectivity index (χ4v) is 1.98. The van der Waals surface area contributed by atoms with E-state index in [1.807, 2.05) is 31.4 Å². The number of ether oxygens (including phenoxy) is 1. The molecule has 0 saturated carbocycles. The molecule has 0 saturated heterocycles. The minimum Gasteiger partial charge on any atom is -0.494 e. The van der Waals surface area contributed by atoms with Gasteiger partial charge in [0.25, 0.3) is 0 Å². The van der Waals surface area contributed by atoms with Gasteiger partial charge in [0.05, 0.1) is 11.9 Å². The number of hydrogen-bond donors (Lipinski definition) is 0. The highest BCUT2D eigenvalue weighted by molar-refractivity contribution is 9.09. The number of halogens is 1. The maximum absolute atomic E-state index is 11.4. The number of Topliss-reactive ketones (excluding diaryl/α,β-unsaturated/α-hetero) is 1. The van der Waals surface area contributed by atoms with E-state index in [1.54, 1.807) is 11.8 Å². The molecular weight excluding hydrogens is 288 g/mol. The van der Waals surface area contributed by atoms with Gasteiger partial charge in [0, 0.05) is 16.9 Å². The third-order valence-corrected chi connectivity index (χ3v) is 3.46. The van der Waals surface area contributed by atoms with Crippen molar-refractivity contribution in [3.63, 3.8) is 0 Å². The van der Waals surface area contributed by atoms with E-state index in [2.05, 4.69) is 15.9 Å². The highest BCUT2D eigenvalue weighted by atomic mass is 79.9. The lowest BCUT2D eigenvalue weighted by atomic mass is 10.1. The Morgan fingerprint density at radius 1 is 1.50 bits per heavy atom. The normalized spacial score (nSPS) is 10.2. The molecular formula is C12H15BrO2S. The maximum atomic E-state index is 11.4. The van der Waals surface area contributed by atoms with Crippen LogP contribution < -0.4 is 4.74 Å². The van der Waals surface area contributed by atoms with Gasteiger partial charge in [-0.25, -0.2) is 0 Å². The first-order valence-corrected chi connectivity index (χ1v) is 7.43. The minimum atomic E-state index is 0.165. The van der Waals surface area contributed by atoms with Crippen LogP contribution in [-0.2, 0) is 11.2 Å². The lowest BCUT2D eigenvalue weighted by Gasteiger charge is -2.10. The zero-order chi connectivity index (χ0) is 12.0. The molecule has 0 radical (unpaired) electrons. The van der Waals surface area contributed by atoms with Gasteiger partial charge >= 0.3 is 0 Å². The molecule has 88 valence electrons. The Labute approximate surface area is 109 Å². The molecule has 0 bridgehead atoms. The third kappa shape index (κ3) is 3.83. The largest absolute Gasteiger partial charge is 0.494 e. The fraction of sp³-hybridized carbons (Fsp3) is 0.417. The smallest absolute Gasteiger partial charge is 0.147 e. The number of carbonyl (C=O) groups is 1. The molecule has 1 aromatic carbocycles. The second-order valence-electron chi connectivity index (χ2n) is 3.26. The summed E-state index contributed by atoms with van der Waals surface area (Å²) in [7, 11) is 0. The van der Waals surface area contributed by atoms with Crippen molar-refractivity contribution in [1.29, 1.82) is 0 Å². The van der Waals surface area contributed by atoms with E-state index in [-0.39, 0.29) is 5.78 Å². The summed E-state index contributed by atoms with van der Waals surface area (Å²) < 4.78 is 5.54. The first-order chi connectivity index (χ1) is 7.71. The zero-order valence-corrected chi connectivity index (χ0v) is 11.9. The van der Waals surface area contributed by atoms with Crippen molar-refractivity contribution in [2.75, 3.05) is 18.2 Å². The summed E-state index contributed by atoms with van der Waals surface area (Å²) in [5.41, 5.74) is 0.962. The molecule has 0 heterocycles. The second kappa shape index (κ2) is 6.97. The summed E-state index contributed by atoms with van der Waals surface area (Å²) in [6.07, 6.45) is 2.45. The predicted octanol–water partition coefficient (Wildman–Crippen LogP) is 3.31. The van der Waals surface area contributed by atoms with E-state index in [0.29, 0.717) is 18.4 Å². The molecule has 1 rings (SSSR count). The molecule has 0 N–H and O–H groups in total. The van der Waals surface area contributed by atoms with Crippen molar-refractivity contribution in [1.82, 2.24) is 0 Å². The van der Waals surface area contributed by atoms with Crippen LogP contribution in [0.5, 0.6) is 5.75 Å². The van der Waals surface area contributed by atoms with Gasteiger partial charge < -0.3 is 4.74 Å². The molecule has 0 amide bonds. The molecule has 0 aromatic heterocycles. The van der Waals surface area contributed by atoms with Crippen LogP contribution in [0.4, 0.5) is 0 Å². The molecule has 0 aliphatic carbocycles. The van der Waals surface area contributed by atoms with Gasteiger partial charge in [-0.15, -0.1) is 11.8 Å². The van der Waals surface area contributed by atoms with Crippen molar-refractivity contribution in [2.24, 2.45) is 0 Å². The van der Waals surface area contributed by atoms with E-state index in [4.69, 9.17) is 4.74 Å². The maximum Gasteiger partial charge on any atom is 0.147 e. The van der Waals surface area contributed by atoms with Crippen molar-refractivity contribution in [2.45, 2.75) is 18.2 Å². The van der Waals surface area contributed by atoms with Gasteiger partial charge in [0.1, 0.15) is 11.5 Å². The van der Waals surface area contributed by atoms with Gasteiger partial charge in [-0.3, -0.25) is 4.79 Å². The lowest BCUT2D eigenvalue weighted by molar-refractivity contribution is -0.115. The van der Waals surface area contributed by atoms with Crippen LogP contribution in [-0.4, -0.2) is 24.0 Å². The van der Waals surface area contributed by atoms with E-state index in [9.17, 15) is 4.79 Å². The Hall–Kier alpha value is -0.480. The SMILES string of the molecule is CCOc1cc(SC)ccc1CC(=O)CBr. The highest BCUT2D eigenvalue weighted by Gasteiger charge is 2.08. The van der Waals surface area contributed by atoms with Crippen LogP contribution in [0.1, 0.15) is 12.5 Å². The molecule has 0 aliphatic rings. The number of carbonyl (C=O) groups excluding carboxylic acids is 1. The Morgan fingerprint density at radius 3 is 2.81 bits per heavy atom. The first-order valence-electron chi connectivity index (χ1n) is 5.08. The van der Waals surface area contributed by atoms with Crippen molar-refractivity contribution >= 4 is 33.5 Å². The monoisotopic (exact) mass is 302 g/mol. The van der Waals surface area contributed by atoms with E-state index < -0.39 is 0 Å². The first kappa shape index (κ1) is 13.6. The summed E-state index contributed by atoms with van der Waals surface area (Å²) in [6, 6.07) is 5.98. The van der Waals surface area contributed by atoms with Gasteiger partial charge in [0.2, 0.25) is 0 Å². The molecule has 0 fully saturated rings. The molecule has 1 aromatic rings. The Kier molecular flexibility index (Phi) is 5.91. The van der Waals surface area contributed by atoms with Crippen LogP contribution in [0.25, 0.3) is 0 Å². The van der Waals surface area contributed by atoms with E-state index in [0.717, 1.165) is 16.2 Å². The summed E-state index contributed by atoms with van der Waals surface area (Å²) in [6.45, 7) is 2.56. The van der Waals surface area contributed by atoms with Crippen molar-refractivity contribution in [3.8, 4) is 5.75 Å². The van der Waals surface area contributed by atoms with E-state index in [1.165, 1.54) is 0 Å². The number of alkyl halides is 1. The summed E-state index contributed by atoms with van der Waals surface area (Å²) in [5.74, 6) is 0.988. The quantitative estimate of drug-likeness (QED) is 0.596. The average Bonchev–Trinajstić information content (AvgIpc) is 2.31. The number of thioether (sulfide) groups is 1. The molecule has 16 heavy (non-hydrogen) atoms. The van der Waals surface area contributed by atoms with Gasteiger partial charge in [-0.1, -0.05) is 22.0 Å². The molecule has 0 aliphatic heterocycles. The molecule has 0 unspecified atom stereocenters. The Balaban J connectivity index is 2.93. The van der Waals surface area contributed by atoms with Gasteiger partial charge in [-0.2, -0.15) is 0 Å². The number of rotatable bonds is 6. The van der Waals surface area contributed by atoms with Crippen LogP contribution in [0.2, 0.25) is 0 Å². The summed E-state index contributed by atoms with van der Waals surface area (Å²) in [4.78, 5) is 12.5. The van der Waals surface area contributed by atoms with E-state index >= 15 is 0 Å². The van der Waals surface area contributed by atoms with Gasteiger partial charge in [0.15, 0.2) is 0 Å². The molecule has 2 nitrogen and oxygen atoms in total. The fourth-order valence-electron chi connectivity index (χ4n) is 1.36. The molecule has 0 atom stereocenters. The van der Waals surface area contributed by atoms with Crippen LogP contribution in [0, 0.1) is 0 Å². The lowest BCUT2D eigenvalue weighted by Crippen LogP contribution is -2.06. The average molecular weight is 303 g/mol. The van der Waals surface area contributed by atoms with Gasteiger partial charge in [-0.05, 0) is 25.3 Å². The third-order valence-electron chi connectivity index (χ3n) is 2.11. The topological polar surface area (TPSA) is 26.3 Å². The minimum absolute atomic E-state index is 0.165. The standard InChI is InChI=1S/C12H15BrO2S/c1-3-15-12-7-11(16-2)5-4-9(12)6-10(14)8-13/h4-5,7H,3,6,8H2,1-2H3. The number of hydrogen-bond acceptors (Lipinski definition) is 3. The predicted molar refractivity (Wildman–Crippen MR) is 71.9 cm³/mol. The summed E-state index contributed by atoms with van der Waals surface area (Å²) >= 11 is 4.84. The van der Waals surface area contributed by atoms with Crippen LogP contribution in [0.15, 0.2) is 23.1 Å². The van der Waals surface area contributed by atoms with Crippen molar-refractivity contribution < 1.29 is 9.53 Å². The highest BCUT2D eigenvalue weighted by Crippen LogP contribution is 2.26. The van der Waals surface area contributed by atoms with Crippen LogP contribution >= 0.6 is 27.7 Å². The van der Waals surface area contributed by atoms with Crippen LogP contribution in [0.3, 0.4) is 0 Å². The number of ketones is 1. The van der Waals surface area contributed by atoms with Crippen molar-refractivity contribution in [3.05, 3.63) is 23.8 Å². The Morgan fingerprint density at radius 2 is 2.25 bits per heavy atom.